The molecule has 0 fully saturated rings. The molecule has 0 aliphatic heterocycles. The number of hydrogen-bond acceptors (Lipinski definition) is 7. The van der Waals surface area contributed by atoms with Crippen LogP contribution in [-0.2, 0) is 16.4 Å². The zero-order valence-electron chi connectivity index (χ0n) is 24.2. The molecule has 10 heteroatoms. The van der Waals surface area contributed by atoms with E-state index in [0.717, 1.165) is 26.5 Å². The summed E-state index contributed by atoms with van der Waals surface area (Å²) >= 11 is 3.50. The highest BCUT2D eigenvalue weighted by Gasteiger charge is 2.20. The first-order valence-electron chi connectivity index (χ1n) is 14.1. The van der Waals surface area contributed by atoms with Crippen LogP contribution in [0.2, 0.25) is 0 Å². The highest BCUT2D eigenvalue weighted by molar-refractivity contribution is 9.10. The van der Waals surface area contributed by atoms with Gasteiger partial charge in [0.15, 0.2) is 17.3 Å². The molecule has 0 saturated heterocycles. The summed E-state index contributed by atoms with van der Waals surface area (Å²) in [6.07, 6.45) is 0.493. The van der Waals surface area contributed by atoms with Crippen molar-refractivity contribution in [1.82, 2.24) is 14.9 Å². The van der Waals surface area contributed by atoms with Gasteiger partial charge in [-0.05, 0) is 74.7 Å². The summed E-state index contributed by atoms with van der Waals surface area (Å²) in [7, 11) is -3.81. The molecule has 0 amide bonds. The number of nitrogens with zero attached hydrogens (tertiary/aromatic N) is 2. The molecule has 8 nitrogen and oxygen atoms in total. The van der Waals surface area contributed by atoms with Gasteiger partial charge in [-0.1, -0.05) is 64.5 Å². The maximum atomic E-state index is 13.5. The first-order chi connectivity index (χ1) is 20.8. The second kappa shape index (κ2) is 13.5. The summed E-state index contributed by atoms with van der Waals surface area (Å²) in [6, 6.07) is 26.6. The Labute approximate surface area is 260 Å². The molecule has 1 heterocycles. The zero-order valence-corrected chi connectivity index (χ0v) is 26.6. The van der Waals surface area contributed by atoms with E-state index in [1.807, 2.05) is 86.6 Å². The Bertz CT molecular complexity index is 1860. The molecule has 0 aliphatic carbocycles. The molecule has 5 rings (SSSR count). The van der Waals surface area contributed by atoms with Crippen molar-refractivity contribution in [2.24, 2.45) is 0 Å². The number of aryl methyl sites for hydroxylation is 1. The van der Waals surface area contributed by atoms with Gasteiger partial charge >= 0.3 is 0 Å². The van der Waals surface area contributed by atoms with E-state index in [1.54, 1.807) is 19.1 Å². The average molecular weight is 662 g/mol. The fraction of sp³-hybridized carbons (Fsp3) is 0.212. The Kier molecular flexibility index (Phi) is 9.59. The fourth-order valence-corrected chi connectivity index (χ4v) is 6.51. The summed E-state index contributed by atoms with van der Waals surface area (Å²) in [5, 5.41) is 14.1. The van der Waals surface area contributed by atoms with Crippen LogP contribution in [0.15, 0.2) is 94.3 Å². The van der Waals surface area contributed by atoms with Crippen LogP contribution in [0.5, 0.6) is 11.5 Å². The molecule has 0 aliphatic rings. The van der Waals surface area contributed by atoms with Crippen LogP contribution in [0.3, 0.4) is 0 Å². The lowest BCUT2D eigenvalue weighted by molar-refractivity contribution is 0.287. The lowest BCUT2D eigenvalue weighted by Gasteiger charge is -2.14. The maximum absolute atomic E-state index is 13.5. The van der Waals surface area contributed by atoms with E-state index in [-0.39, 0.29) is 11.4 Å². The van der Waals surface area contributed by atoms with Crippen molar-refractivity contribution in [3.63, 3.8) is 0 Å². The topological polar surface area (TPSA) is 102 Å². The van der Waals surface area contributed by atoms with Gasteiger partial charge in [-0.2, -0.15) is 0 Å². The minimum atomic E-state index is -3.81. The molecule has 5 aromatic rings. The van der Waals surface area contributed by atoms with Gasteiger partial charge in [0.1, 0.15) is 5.69 Å². The van der Waals surface area contributed by atoms with Gasteiger partial charge in [0.2, 0.25) is 10.0 Å². The van der Waals surface area contributed by atoms with Crippen LogP contribution in [0, 0.1) is 6.92 Å². The van der Waals surface area contributed by atoms with Crippen LogP contribution >= 0.6 is 15.9 Å². The number of fused-ring (bicyclic) bond motifs is 1. The number of sulfonamides is 1. The second-order valence-corrected chi connectivity index (χ2v) is 12.5. The number of anilines is 2. The van der Waals surface area contributed by atoms with Gasteiger partial charge < -0.3 is 14.8 Å². The first-order valence-corrected chi connectivity index (χ1v) is 16.3. The van der Waals surface area contributed by atoms with E-state index < -0.39 is 10.0 Å². The molecular formula is C33H33BrN4O4S. The van der Waals surface area contributed by atoms with Crippen LogP contribution in [-0.4, -0.2) is 38.4 Å². The third-order valence-electron chi connectivity index (χ3n) is 6.84. The average Bonchev–Trinajstić information content (AvgIpc) is 2.99. The van der Waals surface area contributed by atoms with Crippen molar-refractivity contribution in [2.45, 2.75) is 32.1 Å². The van der Waals surface area contributed by atoms with Crippen LogP contribution in [0.1, 0.15) is 25.0 Å². The lowest BCUT2D eigenvalue weighted by Crippen LogP contribution is -2.26. The number of ether oxygens (including phenoxy) is 2. The first kappa shape index (κ1) is 30.5. The van der Waals surface area contributed by atoms with Gasteiger partial charge in [0.25, 0.3) is 0 Å². The molecule has 0 bridgehead atoms. The minimum Gasteiger partial charge on any atom is -0.490 e. The quantitative estimate of drug-likeness (QED) is 0.143. The summed E-state index contributed by atoms with van der Waals surface area (Å²) < 4.78 is 42.0. The molecule has 1 aromatic heterocycles. The number of benzene rings is 4. The van der Waals surface area contributed by atoms with Gasteiger partial charge in [-0.3, -0.25) is 0 Å². The maximum Gasteiger partial charge on any atom is 0.240 e. The molecular weight excluding hydrogens is 628 g/mol. The molecule has 0 atom stereocenters. The summed E-state index contributed by atoms with van der Waals surface area (Å²) in [4.78, 5) is 0.203. The predicted molar refractivity (Wildman–Crippen MR) is 175 cm³/mol. The highest BCUT2D eigenvalue weighted by Crippen LogP contribution is 2.33. The van der Waals surface area contributed by atoms with Crippen molar-refractivity contribution in [1.29, 1.82) is 0 Å². The third kappa shape index (κ3) is 7.15. The summed E-state index contributed by atoms with van der Waals surface area (Å²) in [5.74, 6) is 1.94. The Morgan fingerprint density at radius 3 is 2.35 bits per heavy atom. The Balaban J connectivity index is 1.39. The Morgan fingerprint density at radius 2 is 1.58 bits per heavy atom. The molecule has 2 N–H and O–H groups in total. The van der Waals surface area contributed by atoms with Crippen molar-refractivity contribution in [3.8, 4) is 22.8 Å². The standard InChI is InChI=1S/C33H33BrN4O4S/c1-4-41-29-16-14-23(19-30(29)42-5-2)17-18-35-43(39,40)31-20-24(15-13-22(31)3)32-27-11-6-7-12-28(27)33(38-37-32)36-26-10-8-9-25(34)21-26/h6-16,19-21,35H,4-5,17-18H2,1-3H3,(H,36,38). The van der Waals surface area contributed by atoms with E-state index >= 15 is 0 Å². The van der Waals surface area contributed by atoms with E-state index in [9.17, 15) is 8.42 Å². The van der Waals surface area contributed by atoms with E-state index in [0.29, 0.717) is 53.8 Å². The SMILES string of the molecule is CCOc1ccc(CCNS(=O)(=O)c2cc(-c3nnc(Nc4cccc(Br)c4)c4ccccc34)ccc2C)cc1OCC. The minimum absolute atomic E-state index is 0.203. The van der Waals surface area contributed by atoms with Gasteiger partial charge in [0, 0.05) is 33.0 Å². The summed E-state index contributed by atoms with van der Waals surface area (Å²) in [6.45, 7) is 6.89. The van der Waals surface area contributed by atoms with Crippen molar-refractivity contribution in [3.05, 3.63) is 101 Å². The number of hydrogen-bond donors (Lipinski definition) is 2. The fourth-order valence-electron chi connectivity index (χ4n) is 4.81. The molecule has 43 heavy (non-hydrogen) atoms. The highest BCUT2D eigenvalue weighted by atomic mass is 79.9. The van der Waals surface area contributed by atoms with Gasteiger partial charge in [-0.15, -0.1) is 10.2 Å². The van der Waals surface area contributed by atoms with Crippen molar-refractivity contribution < 1.29 is 17.9 Å². The molecule has 222 valence electrons. The third-order valence-corrected chi connectivity index (χ3v) is 8.94. The van der Waals surface area contributed by atoms with E-state index in [2.05, 4.69) is 36.2 Å². The predicted octanol–water partition coefficient (Wildman–Crippen LogP) is 7.43. The van der Waals surface area contributed by atoms with Crippen LogP contribution in [0.25, 0.3) is 22.0 Å². The molecule has 0 radical (unpaired) electrons. The van der Waals surface area contributed by atoms with Gasteiger partial charge in [0.05, 0.1) is 18.1 Å². The van der Waals surface area contributed by atoms with Crippen molar-refractivity contribution in [2.75, 3.05) is 25.1 Å². The Hall–Kier alpha value is -3.99. The molecule has 0 spiro atoms. The molecule has 0 saturated carbocycles. The molecule has 4 aromatic carbocycles. The van der Waals surface area contributed by atoms with Crippen LogP contribution < -0.4 is 19.5 Å². The van der Waals surface area contributed by atoms with Gasteiger partial charge in [-0.25, -0.2) is 13.1 Å². The summed E-state index contributed by atoms with van der Waals surface area (Å²) in [5.41, 5.74) is 3.72. The zero-order chi connectivity index (χ0) is 30.4. The van der Waals surface area contributed by atoms with Crippen LogP contribution in [0.4, 0.5) is 11.5 Å². The smallest absolute Gasteiger partial charge is 0.240 e. The Morgan fingerprint density at radius 1 is 0.814 bits per heavy atom. The normalized spacial score (nSPS) is 11.4. The van der Waals surface area contributed by atoms with E-state index in [1.165, 1.54) is 0 Å². The number of aromatic nitrogens is 2. The molecule has 0 unspecified atom stereocenters. The van der Waals surface area contributed by atoms with E-state index in [4.69, 9.17) is 9.47 Å². The number of rotatable bonds is 12. The monoisotopic (exact) mass is 660 g/mol. The lowest BCUT2D eigenvalue weighted by atomic mass is 10.0. The van der Waals surface area contributed by atoms with Crippen molar-refractivity contribution >= 4 is 48.2 Å². The number of halogens is 1. The second-order valence-electron chi connectivity index (χ2n) is 9.85. The largest absolute Gasteiger partial charge is 0.490 e. The number of nitrogens with one attached hydrogen (secondary N) is 2.